The highest BCUT2D eigenvalue weighted by atomic mass is 16.5. The molecule has 136 valence electrons. The van der Waals surface area contributed by atoms with Crippen LogP contribution in [0.25, 0.3) is 6.08 Å². The van der Waals surface area contributed by atoms with Gasteiger partial charge in [-0.1, -0.05) is 0 Å². The topological polar surface area (TPSA) is 84.6 Å². The van der Waals surface area contributed by atoms with Crippen LogP contribution in [0.3, 0.4) is 0 Å². The second-order valence-electron chi connectivity index (χ2n) is 6.03. The molecule has 0 N–H and O–H groups in total. The van der Waals surface area contributed by atoms with Crippen molar-refractivity contribution < 1.29 is 19.1 Å². The van der Waals surface area contributed by atoms with Gasteiger partial charge in [-0.2, -0.15) is 5.26 Å². The normalized spacial score (nSPS) is 12.4. The number of aryl methyl sites for hydroxylation is 1. The number of nitrogens with zero attached hydrogens (tertiary/aromatic N) is 3. The maximum absolute atomic E-state index is 12.0. The van der Waals surface area contributed by atoms with E-state index < -0.39 is 12.6 Å². The molecule has 1 rings (SSSR count). The summed E-state index contributed by atoms with van der Waals surface area (Å²) in [6, 6.07) is 3.87. The number of esters is 1. The van der Waals surface area contributed by atoms with E-state index >= 15 is 0 Å². The molecule has 0 aliphatic heterocycles. The van der Waals surface area contributed by atoms with Crippen molar-refractivity contribution in [2.24, 2.45) is 0 Å². The van der Waals surface area contributed by atoms with Crippen molar-refractivity contribution >= 4 is 18.0 Å². The molecular weight excluding hydrogens is 322 g/mol. The molecular formula is C18H25N3O4. The average Bonchev–Trinajstić information content (AvgIpc) is 2.83. The number of hydrogen-bond acceptors (Lipinski definition) is 5. The lowest BCUT2D eigenvalue weighted by atomic mass is 10.1. The van der Waals surface area contributed by atoms with Crippen LogP contribution in [0.4, 0.5) is 0 Å². The van der Waals surface area contributed by atoms with Crippen molar-refractivity contribution in [2.75, 3.05) is 34.4 Å². The molecule has 0 unspecified atom stereocenters. The predicted molar refractivity (Wildman–Crippen MR) is 93.7 cm³/mol. The first-order valence-corrected chi connectivity index (χ1v) is 7.89. The van der Waals surface area contributed by atoms with Gasteiger partial charge in [-0.3, -0.25) is 4.79 Å². The Bertz CT molecular complexity index is 711. The number of aromatic nitrogens is 1. The van der Waals surface area contributed by atoms with Gasteiger partial charge < -0.3 is 18.9 Å². The molecule has 1 atom stereocenters. The lowest BCUT2D eigenvalue weighted by Crippen LogP contribution is -2.27. The van der Waals surface area contributed by atoms with Gasteiger partial charge in [-0.05, 0) is 38.5 Å². The standard InChI is InChI=1S/C18H25N3O4/c1-12-7-15(14(3)21(12)13(2)10-24-6)8-16(9-19)18(23)25-11-17(22)20(4)5/h7-8,13H,10-11H2,1-6H3/b16-8+/t13-/m0/s1. The maximum atomic E-state index is 12.0. The average molecular weight is 347 g/mol. The summed E-state index contributed by atoms with van der Waals surface area (Å²) in [7, 11) is 4.77. The van der Waals surface area contributed by atoms with Crippen molar-refractivity contribution in [1.82, 2.24) is 9.47 Å². The van der Waals surface area contributed by atoms with Crippen LogP contribution in [-0.2, 0) is 19.1 Å². The summed E-state index contributed by atoms with van der Waals surface area (Å²) in [6.45, 7) is 6.06. The lowest BCUT2D eigenvalue weighted by molar-refractivity contribution is -0.147. The van der Waals surface area contributed by atoms with Gasteiger partial charge in [-0.15, -0.1) is 0 Å². The zero-order chi connectivity index (χ0) is 19.1. The molecule has 0 fully saturated rings. The monoisotopic (exact) mass is 347 g/mol. The van der Waals surface area contributed by atoms with Gasteiger partial charge in [0.1, 0.15) is 11.6 Å². The van der Waals surface area contributed by atoms with Gasteiger partial charge in [0.2, 0.25) is 0 Å². The molecule has 0 bridgehead atoms. The highest BCUT2D eigenvalue weighted by Gasteiger charge is 2.17. The smallest absolute Gasteiger partial charge is 0.349 e. The minimum atomic E-state index is -0.813. The summed E-state index contributed by atoms with van der Waals surface area (Å²) in [4.78, 5) is 24.8. The molecule has 1 heterocycles. The Morgan fingerprint density at radius 2 is 2.04 bits per heavy atom. The van der Waals surface area contributed by atoms with Crippen LogP contribution in [0, 0.1) is 25.2 Å². The summed E-state index contributed by atoms with van der Waals surface area (Å²) >= 11 is 0. The molecule has 0 aliphatic carbocycles. The molecule has 7 heteroatoms. The molecule has 0 saturated heterocycles. The van der Waals surface area contributed by atoms with E-state index in [1.54, 1.807) is 21.2 Å². The highest BCUT2D eigenvalue weighted by molar-refractivity contribution is 5.99. The Balaban J connectivity index is 3.03. The summed E-state index contributed by atoms with van der Waals surface area (Å²) in [6.07, 6.45) is 1.49. The van der Waals surface area contributed by atoms with E-state index in [0.717, 1.165) is 17.0 Å². The molecule has 1 amide bonds. The van der Waals surface area contributed by atoms with Crippen molar-refractivity contribution in [3.63, 3.8) is 0 Å². The Hall–Kier alpha value is -2.59. The van der Waals surface area contributed by atoms with E-state index in [1.807, 2.05) is 32.9 Å². The summed E-state index contributed by atoms with van der Waals surface area (Å²) in [5.41, 5.74) is 2.54. The minimum Gasteiger partial charge on any atom is -0.451 e. The first kappa shape index (κ1) is 20.5. The van der Waals surface area contributed by atoms with Gasteiger partial charge in [0.15, 0.2) is 6.61 Å². The number of methoxy groups -OCH3 is 1. The molecule has 7 nitrogen and oxygen atoms in total. The quantitative estimate of drug-likeness (QED) is 0.427. The Morgan fingerprint density at radius 1 is 1.40 bits per heavy atom. The SMILES string of the molecule is COC[C@H](C)n1c(C)cc(/C=C(\C#N)C(=O)OCC(=O)N(C)C)c1C. The van der Waals surface area contributed by atoms with Gasteiger partial charge in [0, 0.05) is 32.6 Å². The van der Waals surface area contributed by atoms with Crippen molar-refractivity contribution in [1.29, 1.82) is 5.26 Å². The number of likely N-dealkylation sites (N-methyl/N-ethyl adjacent to an activating group) is 1. The lowest BCUT2D eigenvalue weighted by Gasteiger charge is -2.17. The second-order valence-corrected chi connectivity index (χ2v) is 6.03. The summed E-state index contributed by atoms with van der Waals surface area (Å²) in [5, 5.41) is 9.25. The molecule has 0 spiro atoms. The van der Waals surface area contributed by atoms with Crippen LogP contribution in [0.5, 0.6) is 0 Å². The van der Waals surface area contributed by atoms with E-state index in [4.69, 9.17) is 9.47 Å². The number of ether oxygens (including phenoxy) is 2. The summed E-state index contributed by atoms with van der Waals surface area (Å²) < 4.78 is 12.2. The van der Waals surface area contributed by atoms with Gasteiger partial charge in [0.05, 0.1) is 12.6 Å². The van der Waals surface area contributed by atoms with Crippen molar-refractivity contribution in [3.05, 3.63) is 28.6 Å². The van der Waals surface area contributed by atoms with Crippen LogP contribution < -0.4 is 0 Å². The first-order valence-electron chi connectivity index (χ1n) is 7.89. The molecule has 0 aliphatic rings. The van der Waals surface area contributed by atoms with Gasteiger partial charge in [0.25, 0.3) is 5.91 Å². The molecule has 0 radical (unpaired) electrons. The number of nitriles is 1. The van der Waals surface area contributed by atoms with Gasteiger partial charge in [-0.25, -0.2) is 4.79 Å². The first-order chi connectivity index (χ1) is 11.7. The maximum Gasteiger partial charge on any atom is 0.349 e. The third-order valence-corrected chi connectivity index (χ3v) is 3.84. The van der Waals surface area contributed by atoms with Crippen LogP contribution in [0.2, 0.25) is 0 Å². The zero-order valence-corrected chi connectivity index (χ0v) is 15.6. The fourth-order valence-electron chi connectivity index (χ4n) is 2.57. The van der Waals surface area contributed by atoms with Gasteiger partial charge >= 0.3 is 5.97 Å². The van der Waals surface area contributed by atoms with E-state index in [1.165, 1.54) is 11.0 Å². The number of carbonyl (C=O) groups is 2. The molecule has 1 aromatic rings. The third kappa shape index (κ3) is 5.19. The molecule has 0 aromatic carbocycles. The number of amides is 1. The van der Waals surface area contributed by atoms with E-state index in [9.17, 15) is 14.9 Å². The van der Waals surface area contributed by atoms with Crippen LogP contribution in [0.1, 0.15) is 29.9 Å². The van der Waals surface area contributed by atoms with Crippen LogP contribution in [-0.4, -0.2) is 55.8 Å². The Labute approximate surface area is 148 Å². The van der Waals surface area contributed by atoms with Crippen molar-refractivity contribution in [2.45, 2.75) is 26.8 Å². The molecule has 1 aromatic heterocycles. The van der Waals surface area contributed by atoms with Crippen LogP contribution in [0.15, 0.2) is 11.6 Å². The fourth-order valence-corrected chi connectivity index (χ4v) is 2.57. The largest absolute Gasteiger partial charge is 0.451 e. The summed E-state index contributed by atoms with van der Waals surface area (Å²) in [5.74, 6) is -1.16. The zero-order valence-electron chi connectivity index (χ0n) is 15.6. The van der Waals surface area contributed by atoms with Crippen LogP contribution >= 0.6 is 0 Å². The van der Waals surface area contributed by atoms with E-state index in [0.29, 0.717) is 6.61 Å². The number of rotatable bonds is 7. The minimum absolute atomic E-state index is 0.127. The molecule has 25 heavy (non-hydrogen) atoms. The highest BCUT2D eigenvalue weighted by Crippen LogP contribution is 2.23. The Morgan fingerprint density at radius 3 is 2.56 bits per heavy atom. The fraction of sp³-hybridized carbons (Fsp3) is 0.500. The van der Waals surface area contributed by atoms with E-state index in [2.05, 4.69) is 4.57 Å². The third-order valence-electron chi connectivity index (χ3n) is 3.84. The number of hydrogen-bond donors (Lipinski definition) is 0. The number of carbonyl (C=O) groups excluding carboxylic acids is 2. The predicted octanol–water partition coefficient (Wildman–Crippen LogP) is 1.85. The van der Waals surface area contributed by atoms with Crippen molar-refractivity contribution in [3.8, 4) is 6.07 Å². The second kappa shape index (κ2) is 9.04. The Kier molecular flexibility index (Phi) is 7.40. The molecule has 0 saturated carbocycles. The van der Waals surface area contributed by atoms with E-state index in [-0.39, 0.29) is 17.5 Å².